The Morgan fingerprint density at radius 1 is 1.40 bits per heavy atom. The molecule has 0 aromatic heterocycles. The summed E-state index contributed by atoms with van der Waals surface area (Å²) in [4.78, 5) is 11.9. The molecule has 0 aliphatic carbocycles. The number of carbonyl (C=O) groups excluding carboxylic acids is 1. The minimum atomic E-state index is -0.313. The molecule has 0 heterocycles. The van der Waals surface area contributed by atoms with Crippen molar-refractivity contribution < 1.29 is 9.18 Å². The monoisotopic (exact) mass is 208 g/mol. The maximum absolute atomic E-state index is 12.9. The molecule has 0 aliphatic rings. The van der Waals surface area contributed by atoms with Crippen LogP contribution in [0.2, 0.25) is 0 Å². The standard InChI is InChI=1S/C13H17FO/c1-4-13(2,3)12(15)9-10-6-5-7-11(14)8-10/h5-8H,4,9H2,1-3H3. The van der Waals surface area contributed by atoms with Crippen molar-refractivity contribution in [3.63, 3.8) is 0 Å². The highest BCUT2D eigenvalue weighted by atomic mass is 19.1. The quantitative estimate of drug-likeness (QED) is 0.741. The molecule has 0 unspecified atom stereocenters. The summed E-state index contributed by atoms with van der Waals surface area (Å²) in [5.74, 6) is -0.120. The van der Waals surface area contributed by atoms with Gasteiger partial charge >= 0.3 is 0 Å². The van der Waals surface area contributed by atoms with Gasteiger partial charge in [0.15, 0.2) is 0 Å². The van der Waals surface area contributed by atoms with Crippen molar-refractivity contribution >= 4 is 5.78 Å². The lowest BCUT2D eigenvalue weighted by molar-refractivity contribution is -0.126. The van der Waals surface area contributed by atoms with Crippen LogP contribution in [0.15, 0.2) is 24.3 Å². The van der Waals surface area contributed by atoms with Crippen LogP contribution < -0.4 is 0 Å². The number of rotatable bonds is 4. The zero-order valence-electron chi connectivity index (χ0n) is 9.51. The fraction of sp³-hybridized carbons (Fsp3) is 0.462. The van der Waals surface area contributed by atoms with Crippen LogP contribution in [-0.2, 0) is 11.2 Å². The first-order valence-corrected chi connectivity index (χ1v) is 5.23. The fourth-order valence-electron chi connectivity index (χ4n) is 1.27. The molecule has 15 heavy (non-hydrogen) atoms. The van der Waals surface area contributed by atoms with E-state index >= 15 is 0 Å². The lowest BCUT2D eigenvalue weighted by atomic mass is 9.82. The highest BCUT2D eigenvalue weighted by molar-refractivity contribution is 5.86. The molecule has 0 atom stereocenters. The molecule has 1 rings (SSSR count). The molecule has 1 nitrogen and oxygen atoms in total. The zero-order valence-corrected chi connectivity index (χ0v) is 9.51. The first-order valence-electron chi connectivity index (χ1n) is 5.23. The van der Waals surface area contributed by atoms with Crippen molar-refractivity contribution in [2.24, 2.45) is 5.41 Å². The Morgan fingerprint density at radius 3 is 2.60 bits per heavy atom. The van der Waals surface area contributed by atoms with Gasteiger partial charge in [0, 0.05) is 11.8 Å². The van der Waals surface area contributed by atoms with Crippen LogP contribution in [0, 0.1) is 11.2 Å². The second kappa shape index (κ2) is 4.56. The molecule has 0 spiro atoms. The molecular formula is C13H17FO. The third kappa shape index (κ3) is 3.15. The van der Waals surface area contributed by atoms with Gasteiger partial charge in [0.2, 0.25) is 0 Å². The topological polar surface area (TPSA) is 17.1 Å². The predicted molar refractivity (Wildman–Crippen MR) is 59.2 cm³/mol. The van der Waals surface area contributed by atoms with E-state index in [0.717, 1.165) is 12.0 Å². The molecular weight excluding hydrogens is 191 g/mol. The summed E-state index contributed by atoms with van der Waals surface area (Å²) in [6, 6.07) is 6.23. The molecule has 0 N–H and O–H groups in total. The van der Waals surface area contributed by atoms with Crippen LogP contribution in [0.1, 0.15) is 32.8 Å². The normalized spacial score (nSPS) is 11.5. The number of ketones is 1. The smallest absolute Gasteiger partial charge is 0.142 e. The van der Waals surface area contributed by atoms with E-state index in [9.17, 15) is 9.18 Å². The summed E-state index contributed by atoms with van der Waals surface area (Å²) in [5, 5.41) is 0. The van der Waals surface area contributed by atoms with Gasteiger partial charge in [-0.2, -0.15) is 0 Å². The Kier molecular flexibility index (Phi) is 3.61. The average molecular weight is 208 g/mol. The van der Waals surface area contributed by atoms with Crippen LogP contribution in [0.4, 0.5) is 4.39 Å². The van der Waals surface area contributed by atoms with Crippen LogP contribution >= 0.6 is 0 Å². The van der Waals surface area contributed by atoms with E-state index < -0.39 is 0 Å². The van der Waals surface area contributed by atoms with E-state index in [0.29, 0.717) is 6.42 Å². The summed E-state index contributed by atoms with van der Waals surface area (Å²) in [6.45, 7) is 5.84. The highest BCUT2D eigenvalue weighted by Gasteiger charge is 2.24. The van der Waals surface area contributed by atoms with E-state index in [1.807, 2.05) is 20.8 Å². The second-order valence-corrected chi connectivity index (χ2v) is 4.47. The Bertz CT molecular complexity index is 355. The number of halogens is 1. The van der Waals surface area contributed by atoms with Gasteiger partial charge in [-0.25, -0.2) is 4.39 Å². The number of hydrogen-bond donors (Lipinski definition) is 0. The Labute approximate surface area is 90.3 Å². The fourth-order valence-corrected chi connectivity index (χ4v) is 1.27. The van der Waals surface area contributed by atoms with Crippen molar-refractivity contribution in [1.29, 1.82) is 0 Å². The molecule has 2 heteroatoms. The van der Waals surface area contributed by atoms with Gasteiger partial charge in [-0.15, -0.1) is 0 Å². The van der Waals surface area contributed by atoms with Crippen molar-refractivity contribution in [3.8, 4) is 0 Å². The molecule has 0 bridgehead atoms. The van der Waals surface area contributed by atoms with E-state index in [4.69, 9.17) is 0 Å². The molecule has 0 fully saturated rings. The van der Waals surface area contributed by atoms with Crippen molar-refractivity contribution in [2.75, 3.05) is 0 Å². The Morgan fingerprint density at radius 2 is 2.07 bits per heavy atom. The lowest BCUT2D eigenvalue weighted by Gasteiger charge is -2.20. The van der Waals surface area contributed by atoms with Gasteiger partial charge < -0.3 is 0 Å². The van der Waals surface area contributed by atoms with Crippen LogP contribution in [0.5, 0.6) is 0 Å². The van der Waals surface area contributed by atoms with Gasteiger partial charge in [-0.1, -0.05) is 32.9 Å². The number of carbonyl (C=O) groups is 1. The SMILES string of the molecule is CCC(C)(C)C(=O)Cc1cccc(F)c1. The highest BCUT2D eigenvalue weighted by Crippen LogP contribution is 2.23. The summed E-state index contributed by atoms with van der Waals surface area (Å²) in [5.41, 5.74) is 0.438. The Balaban J connectivity index is 2.75. The summed E-state index contributed by atoms with van der Waals surface area (Å²) in [7, 11) is 0. The van der Waals surface area contributed by atoms with Gasteiger partial charge in [0.1, 0.15) is 11.6 Å². The van der Waals surface area contributed by atoms with Gasteiger partial charge in [-0.3, -0.25) is 4.79 Å². The third-order valence-corrected chi connectivity index (χ3v) is 2.89. The third-order valence-electron chi connectivity index (χ3n) is 2.89. The molecule has 0 saturated heterocycles. The van der Waals surface area contributed by atoms with Crippen molar-refractivity contribution in [3.05, 3.63) is 35.6 Å². The molecule has 0 aliphatic heterocycles. The maximum Gasteiger partial charge on any atom is 0.142 e. The summed E-state index contributed by atoms with van der Waals surface area (Å²) < 4.78 is 12.9. The van der Waals surface area contributed by atoms with Crippen LogP contribution in [-0.4, -0.2) is 5.78 Å². The first kappa shape index (κ1) is 11.9. The van der Waals surface area contributed by atoms with Crippen molar-refractivity contribution in [1.82, 2.24) is 0 Å². The molecule has 1 aromatic carbocycles. The van der Waals surface area contributed by atoms with E-state index in [2.05, 4.69) is 0 Å². The zero-order chi connectivity index (χ0) is 11.5. The first-order chi connectivity index (χ1) is 6.95. The molecule has 1 aromatic rings. The summed E-state index contributed by atoms with van der Waals surface area (Å²) in [6.07, 6.45) is 1.12. The Hall–Kier alpha value is -1.18. The largest absolute Gasteiger partial charge is 0.299 e. The predicted octanol–water partition coefficient (Wildman–Crippen LogP) is 3.37. The van der Waals surface area contributed by atoms with Gasteiger partial charge in [0.25, 0.3) is 0 Å². The van der Waals surface area contributed by atoms with Crippen molar-refractivity contribution in [2.45, 2.75) is 33.6 Å². The summed E-state index contributed by atoms with van der Waals surface area (Å²) >= 11 is 0. The molecule has 0 saturated carbocycles. The average Bonchev–Trinajstić information content (AvgIpc) is 2.17. The molecule has 0 amide bonds. The van der Waals surface area contributed by atoms with E-state index in [1.165, 1.54) is 12.1 Å². The number of hydrogen-bond acceptors (Lipinski definition) is 1. The maximum atomic E-state index is 12.9. The number of benzene rings is 1. The van der Waals surface area contributed by atoms with Crippen LogP contribution in [0.3, 0.4) is 0 Å². The van der Waals surface area contributed by atoms with Crippen LogP contribution in [0.25, 0.3) is 0 Å². The minimum absolute atomic E-state index is 0.163. The minimum Gasteiger partial charge on any atom is -0.299 e. The lowest BCUT2D eigenvalue weighted by Crippen LogP contribution is -2.25. The van der Waals surface area contributed by atoms with Gasteiger partial charge in [0.05, 0.1) is 0 Å². The second-order valence-electron chi connectivity index (χ2n) is 4.47. The van der Waals surface area contributed by atoms with Gasteiger partial charge in [-0.05, 0) is 24.1 Å². The molecule has 0 radical (unpaired) electrons. The molecule has 82 valence electrons. The van der Waals surface area contributed by atoms with E-state index in [-0.39, 0.29) is 17.0 Å². The van der Waals surface area contributed by atoms with E-state index in [1.54, 1.807) is 12.1 Å². The number of Topliss-reactive ketones (excluding diaryl/α,β-unsaturated/α-hetero) is 1.